The Hall–Kier alpha value is -1.71. The van der Waals surface area contributed by atoms with Crippen molar-refractivity contribution < 1.29 is 14.3 Å². The molecule has 1 fully saturated rings. The van der Waals surface area contributed by atoms with Crippen LogP contribution in [-0.4, -0.2) is 19.1 Å². The molecule has 0 saturated heterocycles. The fourth-order valence-corrected chi connectivity index (χ4v) is 2.76. The van der Waals surface area contributed by atoms with Crippen LogP contribution in [-0.2, 0) is 4.79 Å². The van der Waals surface area contributed by atoms with Crippen molar-refractivity contribution in [1.29, 1.82) is 0 Å². The molecule has 0 spiro atoms. The summed E-state index contributed by atoms with van der Waals surface area (Å²) < 4.78 is 11.2. The molecule has 1 atom stereocenters. The Labute approximate surface area is 125 Å². The summed E-state index contributed by atoms with van der Waals surface area (Å²) in [5.74, 6) is 2.67. The normalized spacial score (nSPS) is 18.4. The van der Waals surface area contributed by atoms with E-state index in [1.54, 1.807) is 0 Å². The third kappa shape index (κ3) is 3.49. The lowest BCUT2D eigenvalue weighted by Gasteiger charge is -2.23. The van der Waals surface area contributed by atoms with Gasteiger partial charge in [-0.3, -0.25) is 4.79 Å². The number of carbonyl (C=O) groups is 1. The molecule has 1 unspecified atom stereocenters. The molecule has 4 nitrogen and oxygen atoms in total. The molecular formula is C17H23NO3. The van der Waals surface area contributed by atoms with Crippen LogP contribution in [0.5, 0.6) is 11.5 Å². The maximum absolute atomic E-state index is 12.1. The number of fused-ring (bicyclic) bond motifs is 1. The highest BCUT2D eigenvalue weighted by molar-refractivity contribution is 5.76. The van der Waals surface area contributed by atoms with Crippen LogP contribution >= 0.6 is 0 Å². The molecule has 114 valence electrons. The summed E-state index contributed by atoms with van der Waals surface area (Å²) in [5.41, 5.74) is 1.12. The Morgan fingerprint density at radius 1 is 1.24 bits per heavy atom. The zero-order valence-corrected chi connectivity index (χ0v) is 12.7. The average Bonchev–Trinajstić information content (AvgIpc) is 3.28. The summed E-state index contributed by atoms with van der Waals surface area (Å²) in [7, 11) is 0. The van der Waals surface area contributed by atoms with Crippen LogP contribution < -0.4 is 14.8 Å². The summed E-state index contributed by atoms with van der Waals surface area (Å²) in [4.78, 5) is 12.1. The van der Waals surface area contributed by atoms with Crippen molar-refractivity contribution in [2.75, 3.05) is 13.2 Å². The second-order valence-electron chi connectivity index (χ2n) is 6.38. The van der Waals surface area contributed by atoms with E-state index in [-0.39, 0.29) is 11.9 Å². The van der Waals surface area contributed by atoms with Crippen LogP contribution in [0.2, 0.25) is 0 Å². The van der Waals surface area contributed by atoms with Gasteiger partial charge >= 0.3 is 0 Å². The van der Waals surface area contributed by atoms with Gasteiger partial charge in [-0.05, 0) is 42.4 Å². The van der Waals surface area contributed by atoms with Crippen LogP contribution in [0.15, 0.2) is 18.2 Å². The van der Waals surface area contributed by atoms with E-state index in [9.17, 15) is 4.79 Å². The quantitative estimate of drug-likeness (QED) is 0.906. The second kappa shape index (κ2) is 5.96. The molecule has 1 aromatic rings. The number of hydrogen-bond donors (Lipinski definition) is 1. The minimum absolute atomic E-state index is 0.104. The number of hydrogen-bond acceptors (Lipinski definition) is 3. The second-order valence-corrected chi connectivity index (χ2v) is 6.38. The Kier molecular flexibility index (Phi) is 4.04. The predicted molar refractivity (Wildman–Crippen MR) is 80.5 cm³/mol. The fraction of sp³-hybridized carbons (Fsp3) is 0.588. The number of benzene rings is 1. The molecule has 1 aliphatic heterocycles. The maximum atomic E-state index is 12.1. The van der Waals surface area contributed by atoms with Gasteiger partial charge in [-0.15, -0.1) is 0 Å². The molecule has 1 aromatic carbocycles. The highest BCUT2D eigenvalue weighted by Crippen LogP contribution is 2.43. The lowest BCUT2D eigenvalue weighted by Crippen LogP contribution is -2.30. The molecule has 0 radical (unpaired) electrons. The molecule has 1 heterocycles. The largest absolute Gasteiger partial charge is 0.486 e. The molecular weight excluding hydrogens is 266 g/mol. The fourth-order valence-electron chi connectivity index (χ4n) is 2.76. The number of carbonyl (C=O) groups excluding carboxylic acids is 1. The monoisotopic (exact) mass is 289 g/mol. The number of ether oxygens (including phenoxy) is 2. The highest BCUT2D eigenvalue weighted by Gasteiger charge is 2.34. The van der Waals surface area contributed by atoms with E-state index < -0.39 is 0 Å². The first-order valence-electron chi connectivity index (χ1n) is 7.82. The standard InChI is InChI=1S/C17H23NO3/c1-11(2)9-16(19)18-17(12-3-4-12)13-5-6-14-15(10-13)21-8-7-20-14/h5-6,10-12,17H,3-4,7-9H2,1-2H3,(H,18,19). The lowest BCUT2D eigenvalue weighted by molar-refractivity contribution is -0.122. The predicted octanol–water partition coefficient (Wildman–Crippen LogP) is 3.07. The number of nitrogens with one attached hydrogen (secondary N) is 1. The molecule has 0 bridgehead atoms. The van der Waals surface area contributed by atoms with Crippen molar-refractivity contribution in [1.82, 2.24) is 5.32 Å². The van der Waals surface area contributed by atoms with Gasteiger partial charge in [0.2, 0.25) is 5.91 Å². The van der Waals surface area contributed by atoms with Crippen molar-refractivity contribution in [3.05, 3.63) is 23.8 Å². The molecule has 3 rings (SSSR count). The molecule has 1 saturated carbocycles. The van der Waals surface area contributed by atoms with Gasteiger partial charge in [-0.2, -0.15) is 0 Å². The van der Waals surface area contributed by atoms with E-state index in [0.29, 0.717) is 31.5 Å². The highest BCUT2D eigenvalue weighted by atomic mass is 16.6. The van der Waals surface area contributed by atoms with Crippen molar-refractivity contribution >= 4 is 5.91 Å². The summed E-state index contributed by atoms with van der Waals surface area (Å²) in [6, 6.07) is 6.12. The first-order valence-corrected chi connectivity index (χ1v) is 7.82. The van der Waals surface area contributed by atoms with E-state index in [4.69, 9.17) is 9.47 Å². The third-order valence-corrected chi connectivity index (χ3v) is 3.93. The minimum atomic E-state index is 0.104. The van der Waals surface area contributed by atoms with Crippen molar-refractivity contribution in [2.24, 2.45) is 11.8 Å². The SMILES string of the molecule is CC(C)CC(=O)NC(c1ccc2c(c1)OCCO2)C1CC1. The van der Waals surface area contributed by atoms with Crippen LogP contribution in [0.4, 0.5) is 0 Å². The molecule has 1 amide bonds. The Morgan fingerprint density at radius 3 is 2.62 bits per heavy atom. The van der Waals surface area contributed by atoms with E-state index in [2.05, 4.69) is 19.2 Å². The topological polar surface area (TPSA) is 47.6 Å². The Morgan fingerprint density at radius 2 is 1.95 bits per heavy atom. The summed E-state index contributed by atoms with van der Waals surface area (Å²) in [5, 5.41) is 3.20. The van der Waals surface area contributed by atoms with Gasteiger partial charge in [-0.1, -0.05) is 19.9 Å². The van der Waals surface area contributed by atoms with Crippen LogP contribution in [0.1, 0.15) is 44.7 Å². The first kappa shape index (κ1) is 14.2. The summed E-state index contributed by atoms with van der Waals surface area (Å²) in [6.45, 7) is 5.32. The van der Waals surface area contributed by atoms with E-state index in [1.165, 1.54) is 12.8 Å². The third-order valence-electron chi connectivity index (χ3n) is 3.93. The van der Waals surface area contributed by atoms with Crippen molar-refractivity contribution in [2.45, 2.75) is 39.2 Å². The van der Waals surface area contributed by atoms with Crippen LogP contribution in [0.25, 0.3) is 0 Å². The van der Waals surface area contributed by atoms with Gasteiger partial charge in [-0.25, -0.2) is 0 Å². The molecule has 2 aliphatic rings. The minimum Gasteiger partial charge on any atom is -0.486 e. The van der Waals surface area contributed by atoms with Gasteiger partial charge in [0.1, 0.15) is 13.2 Å². The molecule has 4 heteroatoms. The average molecular weight is 289 g/mol. The Bertz CT molecular complexity index is 523. The smallest absolute Gasteiger partial charge is 0.220 e. The summed E-state index contributed by atoms with van der Waals surface area (Å²) in [6.07, 6.45) is 2.94. The molecule has 1 N–H and O–H groups in total. The lowest BCUT2D eigenvalue weighted by atomic mass is 10.0. The first-order chi connectivity index (χ1) is 10.1. The molecule has 0 aromatic heterocycles. The molecule has 21 heavy (non-hydrogen) atoms. The van der Waals surface area contributed by atoms with E-state index >= 15 is 0 Å². The zero-order chi connectivity index (χ0) is 14.8. The van der Waals surface area contributed by atoms with Gasteiger partial charge in [0.15, 0.2) is 11.5 Å². The zero-order valence-electron chi connectivity index (χ0n) is 12.7. The van der Waals surface area contributed by atoms with Gasteiger partial charge in [0.25, 0.3) is 0 Å². The van der Waals surface area contributed by atoms with Crippen LogP contribution in [0, 0.1) is 11.8 Å². The van der Waals surface area contributed by atoms with Gasteiger partial charge in [0.05, 0.1) is 6.04 Å². The van der Waals surface area contributed by atoms with Crippen molar-refractivity contribution in [3.63, 3.8) is 0 Å². The summed E-state index contributed by atoms with van der Waals surface area (Å²) >= 11 is 0. The molecule has 1 aliphatic carbocycles. The van der Waals surface area contributed by atoms with Gasteiger partial charge < -0.3 is 14.8 Å². The van der Waals surface area contributed by atoms with Crippen molar-refractivity contribution in [3.8, 4) is 11.5 Å². The maximum Gasteiger partial charge on any atom is 0.220 e. The van der Waals surface area contributed by atoms with Gasteiger partial charge in [0, 0.05) is 6.42 Å². The van der Waals surface area contributed by atoms with E-state index in [0.717, 1.165) is 17.1 Å². The van der Waals surface area contributed by atoms with E-state index in [1.807, 2.05) is 18.2 Å². The number of rotatable bonds is 5. The number of amides is 1. The Balaban J connectivity index is 1.76. The van der Waals surface area contributed by atoms with Crippen LogP contribution in [0.3, 0.4) is 0 Å².